The molecule has 1 N–H and O–H groups in total. The van der Waals surface area contributed by atoms with E-state index in [-0.39, 0.29) is 5.56 Å². The molecule has 2 aromatic rings. The van der Waals surface area contributed by atoms with E-state index < -0.39 is 29.3 Å². The largest absolute Gasteiger partial charge is 0.497 e. The molecule has 0 saturated heterocycles. The third-order valence-corrected chi connectivity index (χ3v) is 4.10. The lowest BCUT2D eigenvalue weighted by Crippen LogP contribution is -2.21. The van der Waals surface area contributed by atoms with Gasteiger partial charge in [-0.05, 0) is 36.4 Å². The van der Waals surface area contributed by atoms with Crippen molar-refractivity contribution >= 4 is 28.4 Å². The van der Waals surface area contributed by atoms with Crippen molar-refractivity contribution in [3.63, 3.8) is 0 Å². The molecule has 0 aliphatic rings. The predicted octanol–water partition coefficient (Wildman–Crippen LogP) is 2.23. The second-order valence-electron chi connectivity index (χ2n) is 4.80. The maximum atomic E-state index is 12.1. The molecule has 0 aliphatic carbocycles. The van der Waals surface area contributed by atoms with E-state index in [9.17, 15) is 13.8 Å². The van der Waals surface area contributed by atoms with Crippen molar-refractivity contribution in [3.8, 4) is 5.75 Å². The Morgan fingerprint density at radius 3 is 2.38 bits per heavy atom. The Morgan fingerprint density at radius 1 is 1.08 bits per heavy atom. The van der Waals surface area contributed by atoms with Crippen LogP contribution < -0.4 is 10.1 Å². The van der Waals surface area contributed by atoms with Gasteiger partial charge < -0.3 is 14.8 Å². The first kappa shape index (κ1) is 17.7. The minimum atomic E-state index is -1.32. The zero-order chi connectivity index (χ0) is 17.5. The Labute approximate surface area is 142 Å². The summed E-state index contributed by atoms with van der Waals surface area (Å²) in [5.41, 5.74) is 0.752. The van der Waals surface area contributed by atoms with Crippen LogP contribution in [0.1, 0.15) is 10.4 Å². The van der Waals surface area contributed by atoms with Gasteiger partial charge >= 0.3 is 5.97 Å². The molecule has 7 heteroatoms. The molecular weight excluding hydrogens is 330 g/mol. The molecule has 24 heavy (non-hydrogen) atoms. The quantitative estimate of drug-likeness (QED) is 0.811. The van der Waals surface area contributed by atoms with E-state index in [1.165, 1.54) is 12.3 Å². The predicted molar refractivity (Wildman–Crippen MR) is 90.7 cm³/mol. The van der Waals surface area contributed by atoms with Crippen LogP contribution in [-0.2, 0) is 20.3 Å². The SMILES string of the molecule is COc1ccc(NC(=O)COC(=O)c2ccccc2[S@@](C)=O)cc1. The Kier molecular flexibility index (Phi) is 6.08. The van der Waals surface area contributed by atoms with Crippen LogP contribution in [-0.4, -0.2) is 36.1 Å². The number of hydrogen-bond acceptors (Lipinski definition) is 5. The smallest absolute Gasteiger partial charge is 0.339 e. The monoisotopic (exact) mass is 347 g/mol. The normalized spacial score (nSPS) is 11.4. The van der Waals surface area contributed by atoms with Gasteiger partial charge in [0.2, 0.25) is 0 Å². The lowest BCUT2D eigenvalue weighted by molar-refractivity contribution is -0.119. The van der Waals surface area contributed by atoms with Gasteiger partial charge in [0.05, 0.1) is 28.4 Å². The zero-order valence-electron chi connectivity index (χ0n) is 13.3. The van der Waals surface area contributed by atoms with Crippen LogP contribution in [0.4, 0.5) is 5.69 Å². The summed E-state index contributed by atoms with van der Waals surface area (Å²) in [5.74, 6) is -0.488. The first-order chi connectivity index (χ1) is 11.5. The summed E-state index contributed by atoms with van der Waals surface area (Å²) < 4.78 is 21.6. The van der Waals surface area contributed by atoms with E-state index in [2.05, 4.69) is 5.32 Å². The molecule has 0 saturated carbocycles. The molecule has 0 aliphatic heterocycles. The van der Waals surface area contributed by atoms with Crippen LogP contribution in [0.3, 0.4) is 0 Å². The maximum absolute atomic E-state index is 12.1. The topological polar surface area (TPSA) is 81.7 Å². The van der Waals surface area contributed by atoms with Crippen molar-refractivity contribution in [1.29, 1.82) is 0 Å². The number of anilines is 1. The number of benzene rings is 2. The number of hydrogen-bond donors (Lipinski definition) is 1. The van der Waals surface area contributed by atoms with Crippen LogP contribution in [0.2, 0.25) is 0 Å². The standard InChI is InChI=1S/C17H17NO5S/c1-22-13-9-7-12(8-10-13)18-16(19)11-23-17(20)14-5-3-4-6-15(14)24(2)21/h3-10H,11H2,1-2H3,(H,18,19)/t24-/m1/s1. The van der Waals surface area contributed by atoms with Crippen molar-refractivity contribution in [3.05, 3.63) is 54.1 Å². The van der Waals surface area contributed by atoms with Crippen molar-refractivity contribution < 1.29 is 23.3 Å². The van der Waals surface area contributed by atoms with E-state index in [0.717, 1.165) is 0 Å². The molecule has 126 valence electrons. The van der Waals surface area contributed by atoms with Crippen molar-refractivity contribution in [2.75, 3.05) is 25.3 Å². The molecule has 2 aromatic carbocycles. The van der Waals surface area contributed by atoms with E-state index >= 15 is 0 Å². The minimum absolute atomic E-state index is 0.190. The summed E-state index contributed by atoms with van der Waals surface area (Å²) in [6.07, 6.45) is 1.47. The molecule has 2 rings (SSSR count). The van der Waals surface area contributed by atoms with E-state index in [1.54, 1.807) is 49.6 Å². The fraction of sp³-hybridized carbons (Fsp3) is 0.176. The summed E-state index contributed by atoms with van der Waals surface area (Å²) in [6.45, 7) is -0.435. The van der Waals surface area contributed by atoms with Gasteiger partial charge in [0.1, 0.15) is 5.75 Å². The second kappa shape index (κ2) is 8.26. The van der Waals surface area contributed by atoms with Crippen molar-refractivity contribution in [2.24, 2.45) is 0 Å². The first-order valence-corrected chi connectivity index (χ1v) is 8.60. The fourth-order valence-corrected chi connectivity index (χ4v) is 2.70. The molecule has 0 bridgehead atoms. The number of carbonyl (C=O) groups excluding carboxylic acids is 2. The van der Waals surface area contributed by atoms with Gasteiger partial charge in [-0.2, -0.15) is 0 Å². The number of amides is 1. The molecule has 0 heterocycles. The molecule has 0 unspecified atom stereocenters. The van der Waals surface area contributed by atoms with Gasteiger partial charge in [-0.25, -0.2) is 4.79 Å². The molecule has 0 radical (unpaired) electrons. The highest BCUT2D eigenvalue weighted by molar-refractivity contribution is 7.84. The van der Waals surface area contributed by atoms with Gasteiger partial charge in [0.25, 0.3) is 5.91 Å². The Balaban J connectivity index is 1.93. The van der Waals surface area contributed by atoms with E-state index in [0.29, 0.717) is 16.3 Å². The van der Waals surface area contributed by atoms with Crippen molar-refractivity contribution in [1.82, 2.24) is 0 Å². The number of carbonyl (C=O) groups is 2. The molecular formula is C17H17NO5S. The van der Waals surface area contributed by atoms with Crippen LogP contribution in [0.25, 0.3) is 0 Å². The average molecular weight is 347 g/mol. The van der Waals surface area contributed by atoms with Crippen LogP contribution in [0.15, 0.2) is 53.4 Å². The molecule has 6 nitrogen and oxygen atoms in total. The summed E-state index contributed by atoms with van der Waals surface area (Å²) in [6, 6.07) is 13.2. The van der Waals surface area contributed by atoms with E-state index in [1.807, 2.05) is 0 Å². The van der Waals surface area contributed by atoms with Crippen LogP contribution >= 0.6 is 0 Å². The summed E-state index contributed by atoms with van der Waals surface area (Å²) in [7, 11) is 0.226. The summed E-state index contributed by atoms with van der Waals surface area (Å²) in [5, 5.41) is 2.61. The summed E-state index contributed by atoms with van der Waals surface area (Å²) >= 11 is 0. The molecule has 0 spiro atoms. The number of esters is 1. The molecule has 0 fully saturated rings. The van der Waals surface area contributed by atoms with Gasteiger partial charge in [-0.15, -0.1) is 0 Å². The maximum Gasteiger partial charge on any atom is 0.339 e. The van der Waals surface area contributed by atoms with Gasteiger partial charge in [0, 0.05) is 11.9 Å². The lowest BCUT2D eigenvalue weighted by Gasteiger charge is -2.09. The zero-order valence-corrected chi connectivity index (χ0v) is 14.1. The van der Waals surface area contributed by atoms with Crippen molar-refractivity contribution in [2.45, 2.75) is 4.90 Å². The molecule has 1 amide bonds. The second-order valence-corrected chi connectivity index (χ2v) is 6.15. The first-order valence-electron chi connectivity index (χ1n) is 7.04. The summed E-state index contributed by atoms with van der Waals surface area (Å²) in [4.78, 5) is 24.3. The average Bonchev–Trinajstić information content (AvgIpc) is 2.60. The molecule has 1 atom stereocenters. The highest BCUT2D eigenvalue weighted by Crippen LogP contribution is 2.16. The third-order valence-electron chi connectivity index (χ3n) is 3.12. The number of nitrogens with one attached hydrogen (secondary N) is 1. The number of ether oxygens (including phenoxy) is 2. The number of methoxy groups -OCH3 is 1. The highest BCUT2D eigenvalue weighted by Gasteiger charge is 2.16. The fourth-order valence-electron chi connectivity index (χ4n) is 1.97. The highest BCUT2D eigenvalue weighted by atomic mass is 32.2. The Hall–Kier alpha value is -2.67. The molecule has 0 aromatic heterocycles. The van der Waals surface area contributed by atoms with Crippen LogP contribution in [0, 0.1) is 0 Å². The van der Waals surface area contributed by atoms with Gasteiger partial charge in [-0.3, -0.25) is 9.00 Å². The van der Waals surface area contributed by atoms with Crippen LogP contribution in [0.5, 0.6) is 5.75 Å². The van der Waals surface area contributed by atoms with Gasteiger partial charge in [0.15, 0.2) is 6.61 Å². The van der Waals surface area contributed by atoms with E-state index in [4.69, 9.17) is 9.47 Å². The Morgan fingerprint density at radius 2 is 1.75 bits per heavy atom. The Bertz CT molecular complexity index is 758. The third kappa shape index (κ3) is 4.66. The lowest BCUT2D eigenvalue weighted by atomic mass is 10.2. The van der Waals surface area contributed by atoms with Gasteiger partial charge in [-0.1, -0.05) is 12.1 Å². The minimum Gasteiger partial charge on any atom is -0.497 e. The number of rotatable bonds is 6.